The summed E-state index contributed by atoms with van der Waals surface area (Å²) in [4.78, 5) is 61.7. The average molecular weight is 697 g/mol. The Bertz CT molecular complexity index is 1810. The SMILES string of the molecule is CN1C[C@H](C(=O)N[C@@H](CCC2CCCCC2)C(=O)N[C@@H](Cc2ccc(F)cc2)C(=O)N2CCC[C@H]2C(N)=O)C=C2c3cccc4[nH]cc(c34)C[C@H]21. The molecule has 2 aliphatic heterocycles. The number of halogens is 1. The van der Waals surface area contributed by atoms with Gasteiger partial charge in [0.25, 0.3) is 0 Å². The highest BCUT2D eigenvalue weighted by Gasteiger charge is 2.39. The summed E-state index contributed by atoms with van der Waals surface area (Å²) in [7, 11) is 2.05. The van der Waals surface area contributed by atoms with Gasteiger partial charge >= 0.3 is 0 Å². The van der Waals surface area contributed by atoms with E-state index in [1.807, 2.05) is 13.1 Å². The summed E-state index contributed by atoms with van der Waals surface area (Å²) >= 11 is 0. The molecule has 2 fully saturated rings. The Hall–Kier alpha value is -4.51. The van der Waals surface area contributed by atoms with Gasteiger partial charge in [-0.15, -0.1) is 0 Å². The highest BCUT2D eigenvalue weighted by atomic mass is 19.1. The number of fused-ring (bicyclic) bond motifs is 2. The minimum Gasteiger partial charge on any atom is -0.368 e. The van der Waals surface area contributed by atoms with Crippen LogP contribution in [0.4, 0.5) is 4.39 Å². The average Bonchev–Trinajstić information content (AvgIpc) is 3.80. The number of hydrogen-bond acceptors (Lipinski definition) is 5. The number of primary amides is 1. The van der Waals surface area contributed by atoms with E-state index in [0.29, 0.717) is 43.8 Å². The van der Waals surface area contributed by atoms with Crippen LogP contribution in [0.5, 0.6) is 0 Å². The van der Waals surface area contributed by atoms with Crippen molar-refractivity contribution in [1.82, 2.24) is 25.4 Å². The number of nitrogens with two attached hydrogens (primary N) is 1. The molecule has 3 aromatic rings. The number of hydrogen-bond donors (Lipinski definition) is 4. The number of aromatic nitrogens is 1. The van der Waals surface area contributed by atoms with E-state index in [1.165, 1.54) is 34.4 Å². The van der Waals surface area contributed by atoms with Gasteiger partial charge < -0.3 is 26.3 Å². The molecule has 270 valence electrons. The number of benzene rings is 2. The summed E-state index contributed by atoms with van der Waals surface area (Å²) in [6.07, 6.45) is 13.2. The van der Waals surface area contributed by atoms with Gasteiger partial charge in [0.1, 0.15) is 23.9 Å². The molecule has 4 aliphatic rings. The molecule has 1 saturated carbocycles. The van der Waals surface area contributed by atoms with Crippen molar-refractivity contribution in [2.75, 3.05) is 20.1 Å². The van der Waals surface area contributed by atoms with Gasteiger partial charge in [0.2, 0.25) is 23.6 Å². The summed E-state index contributed by atoms with van der Waals surface area (Å²) in [5, 5.41) is 7.29. The van der Waals surface area contributed by atoms with Crippen molar-refractivity contribution in [2.24, 2.45) is 17.6 Å². The molecule has 0 bridgehead atoms. The highest BCUT2D eigenvalue weighted by Crippen LogP contribution is 2.41. The van der Waals surface area contributed by atoms with Crippen LogP contribution in [0.3, 0.4) is 0 Å². The number of likely N-dealkylation sites (N-methyl/N-ethyl adjacent to an activating group) is 1. The smallest absolute Gasteiger partial charge is 0.246 e. The van der Waals surface area contributed by atoms with E-state index >= 15 is 0 Å². The Kier molecular flexibility index (Phi) is 10.3. The molecule has 0 spiro atoms. The lowest BCUT2D eigenvalue weighted by molar-refractivity contribution is -0.141. The minimum atomic E-state index is -1.03. The maximum atomic E-state index is 14.3. The largest absolute Gasteiger partial charge is 0.368 e. The second-order valence-corrected chi connectivity index (χ2v) is 15.1. The van der Waals surface area contributed by atoms with Gasteiger partial charge in [-0.1, -0.05) is 62.4 Å². The lowest BCUT2D eigenvalue weighted by atomic mass is 9.79. The molecule has 2 aliphatic carbocycles. The first-order valence-corrected chi connectivity index (χ1v) is 18.6. The number of carbonyl (C=O) groups excluding carboxylic acids is 4. The molecule has 5 N–H and O–H groups in total. The van der Waals surface area contributed by atoms with Gasteiger partial charge in [0.05, 0.1) is 5.92 Å². The number of nitrogens with one attached hydrogen (secondary N) is 3. The maximum absolute atomic E-state index is 14.3. The van der Waals surface area contributed by atoms with E-state index in [-0.39, 0.29) is 18.4 Å². The Morgan fingerprint density at radius 3 is 2.53 bits per heavy atom. The lowest BCUT2D eigenvalue weighted by Crippen LogP contribution is -2.57. The van der Waals surface area contributed by atoms with Crippen molar-refractivity contribution < 1.29 is 23.6 Å². The molecule has 3 heterocycles. The summed E-state index contributed by atoms with van der Waals surface area (Å²) in [5.74, 6) is -2.06. The van der Waals surface area contributed by atoms with Crippen molar-refractivity contribution in [1.29, 1.82) is 0 Å². The van der Waals surface area contributed by atoms with Crippen LogP contribution in [0, 0.1) is 17.7 Å². The summed E-state index contributed by atoms with van der Waals surface area (Å²) in [6.45, 7) is 0.870. The first-order valence-electron chi connectivity index (χ1n) is 18.6. The fourth-order valence-electron chi connectivity index (χ4n) is 8.90. The molecule has 11 heteroatoms. The number of likely N-dealkylation sites (tertiary alicyclic amines) is 1. The predicted octanol–water partition coefficient (Wildman–Crippen LogP) is 4.23. The van der Waals surface area contributed by atoms with Crippen LogP contribution >= 0.6 is 0 Å². The van der Waals surface area contributed by atoms with E-state index in [9.17, 15) is 23.6 Å². The zero-order chi connectivity index (χ0) is 35.6. The molecule has 10 nitrogen and oxygen atoms in total. The van der Waals surface area contributed by atoms with E-state index in [4.69, 9.17) is 5.73 Å². The van der Waals surface area contributed by atoms with Crippen molar-refractivity contribution in [3.8, 4) is 0 Å². The van der Waals surface area contributed by atoms with Crippen LogP contribution in [0.15, 0.2) is 54.7 Å². The lowest BCUT2D eigenvalue weighted by Gasteiger charge is -2.39. The molecule has 0 unspecified atom stereocenters. The highest BCUT2D eigenvalue weighted by molar-refractivity contribution is 6.00. The summed E-state index contributed by atoms with van der Waals surface area (Å²) < 4.78 is 13.8. The first kappa shape index (κ1) is 34.9. The van der Waals surface area contributed by atoms with Crippen LogP contribution in [0.2, 0.25) is 0 Å². The van der Waals surface area contributed by atoms with Crippen LogP contribution in [-0.2, 0) is 32.0 Å². The number of rotatable bonds is 11. The standard InChI is InChI=1S/C40H49FN6O4/c1-46-23-27(20-30-29-9-5-10-31-36(29)26(22-43-31)21-35(30)46)38(49)44-32(17-14-24-7-3-2-4-8-24)39(50)45-33(19-25-12-15-28(41)16-13-25)40(51)47-18-6-11-34(47)37(42)48/h5,9-10,12-13,15-16,20,22,24,27,32-35,43H,2-4,6-8,11,14,17-19,21,23H2,1H3,(H2,42,48)(H,44,49)(H,45,50)/t27-,32+,33+,34+,35-/m1/s1. The van der Waals surface area contributed by atoms with E-state index in [1.54, 1.807) is 12.1 Å². The fourth-order valence-corrected chi connectivity index (χ4v) is 8.90. The zero-order valence-electron chi connectivity index (χ0n) is 29.3. The first-order chi connectivity index (χ1) is 24.7. The second kappa shape index (κ2) is 15.0. The number of carbonyl (C=O) groups is 4. The third-order valence-corrected chi connectivity index (χ3v) is 11.7. The fraction of sp³-hybridized carbons (Fsp3) is 0.500. The van der Waals surface area contributed by atoms with Gasteiger partial charge in [-0.25, -0.2) is 4.39 Å². The molecule has 51 heavy (non-hydrogen) atoms. The van der Waals surface area contributed by atoms with Gasteiger partial charge in [-0.3, -0.25) is 24.1 Å². The molecule has 0 radical (unpaired) electrons. The van der Waals surface area contributed by atoms with E-state index in [2.05, 4.69) is 44.9 Å². The molecule has 5 atom stereocenters. The molecule has 1 aromatic heterocycles. The Morgan fingerprint density at radius 2 is 1.76 bits per heavy atom. The molecule has 2 aromatic carbocycles. The third kappa shape index (κ3) is 7.45. The number of H-pyrrole nitrogens is 1. The van der Waals surface area contributed by atoms with Gasteiger partial charge in [-0.05, 0) is 85.5 Å². The van der Waals surface area contributed by atoms with Crippen molar-refractivity contribution in [3.05, 3.63) is 77.2 Å². The van der Waals surface area contributed by atoms with Crippen LogP contribution in [-0.4, -0.2) is 82.7 Å². The Balaban J connectivity index is 1.13. The van der Waals surface area contributed by atoms with Crippen molar-refractivity contribution in [3.63, 3.8) is 0 Å². The quantitative estimate of drug-likeness (QED) is 0.238. The van der Waals surface area contributed by atoms with Gasteiger partial charge in [0.15, 0.2) is 0 Å². The zero-order valence-corrected chi connectivity index (χ0v) is 29.3. The Morgan fingerprint density at radius 1 is 0.980 bits per heavy atom. The van der Waals surface area contributed by atoms with E-state index in [0.717, 1.165) is 55.2 Å². The van der Waals surface area contributed by atoms with E-state index < -0.39 is 47.6 Å². The van der Waals surface area contributed by atoms with Gasteiger partial charge in [0, 0.05) is 42.7 Å². The van der Waals surface area contributed by atoms with Crippen LogP contribution < -0.4 is 16.4 Å². The predicted molar refractivity (Wildman–Crippen MR) is 194 cm³/mol. The number of nitrogens with zero attached hydrogens (tertiary/aromatic N) is 2. The van der Waals surface area contributed by atoms with Crippen LogP contribution in [0.1, 0.15) is 74.5 Å². The Labute approximate surface area is 298 Å². The molecular weight excluding hydrogens is 647 g/mol. The minimum absolute atomic E-state index is 0.101. The van der Waals surface area contributed by atoms with Gasteiger partial charge in [-0.2, -0.15) is 0 Å². The van der Waals surface area contributed by atoms with Crippen molar-refractivity contribution in [2.45, 2.75) is 94.8 Å². The molecule has 1 saturated heterocycles. The molecule has 4 amide bonds. The number of amides is 4. The molecular formula is C40H49FN6O4. The normalized spacial score (nSPS) is 23.3. The third-order valence-electron chi connectivity index (χ3n) is 11.7. The molecule has 7 rings (SSSR count). The maximum Gasteiger partial charge on any atom is 0.246 e. The second-order valence-electron chi connectivity index (χ2n) is 15.1. The summed E-state index contributed by atoms with van der Waals surface area (Å²) in [6, 6.07) is 9.55. The number of aromatic amines is 1. The monoisotopic (exact) mass is 696 g/mol. The van der Waals surface area contributed by atoms with Crippen molar-refractivity contribution >= 4 is 40.1 Å². The van der Waals surface area contributed by atoms with Crippen LogP contribution in [0.25, 0.3) is 16.5 Å². The summed E-state index contributed by atoms with van der Waals surface area (Å²) in [5.41, 5.74) is 10.9. The topological polar surface area (TPSA) is 141 Å².